The van der Waals surface area contributed by atoms with Gasteiger partial charge in [-0.2, -0.15) is 0 Å². The second kappa shape index (κ2) is 14.6. The van der Waals surface area contributed by atoms with E-state index in [-0.39, 0.29) is 42.5 Å². The molecular formula is C35H43N5O6. The minimum absolute atomic E-state index is 0.00926. The smallest absolute Gasteiger partial charge is 0.323 e. The third-order valence-electron chi connectivity index (χ3n) is 7.57. The highest BCUT2D eigenvalue weighted by Gasteiger charge is 2.39. The van der Waals surface area contributed by atoms with Crippen molar-refractivity contribution in [3.05, 3.63) is 77.5 Å². The standard InChI is InChI=1S/C35H43N5O6/c1-21(2)18-27(31(42)39-28(30(41)36-6)19-22-12-8-7-9-13-22)37-26(34(45)46-35(3,4)5)16-17-40-32(43)24-20-23-14-10-11-15-25(23)38-29(24)33(40)44/h7-15,20-21,26-28,37H,16-19H2,1-6H3,(H,36,41)(H,39,42)/t26-,27+,28+/m1/s1. The van der Waals surface area contributed by atoms with Gasteiger partial charge in [-0.1, -0.05) is 62.4 Å². The SMILES string of the molecule is CNC(=O)[C@H](Cc1ccccc1)NC(=O)[C@H](CC(C)C)N[C@H](CCN1C(=O)c2cc3ccccc3nc2C1=O)C(=O)OC(C)(C)C. The van der Waals surface area contributed by atoms with Crippen LogP contribution in [0, 0.1) is 5.92 Å². The fraction of sp³-hybridized carbons (Fsp3) is 0.429. The number of nitrogens with one attached hydrogen (secondary N) is 3. The molecule has 3 N–H and O–H groups in total. The molecule has 0 saturated heterocycles. The lowest BCUT2D eigenvalue weighted by Gasteiger charge is -2.30. The van der Waals surface area contributed by atoms with Crippen LogP contribution in [0.25, 0.3) is 10.9 Å². The Morgan fingerprint density at radius 2 is 1.57 bits per heavy atom. The third kappa shape index (κ3) is 8.54. The second-order valence-corrected chi connectivity index (χ2v) is 12.9. The van der Waals surface area contributed by atoms with Crippen LogP contribution in [0.4, 0.5) is 0 Å². The minimum Gasteiger partial charge on any atom is -0.459 e. The molecule has 4 amide bonds. The topological polar surface area (TPSA) is 147 Å². The first-order chi connectivity index (χ1) is 21.8. The zero-order valence-corrected chi connectivity index (χ0v) is 27.3. The second-order valence-electron chi connectivity index (χ2n) is 12.9. The van der Waals surface area contributed by atoms with E-state index in [1.165, 1.54) is 7.05 Å². The molecule has 0 radical (unpaired) electrons. The summed E-state index contributed by atoms with van der Waals surface area (Å²) < 4.78 is 5.69. The van der Waals surface area contributed by atoms with Crippen molar-refractivity contribution in [1.29, 1.82) is 0 Å². The van der Waals surface area contributed by atoms with Crippen molar-refractivity contribution in [2.75, 3.05) is 13.6 Å². The number of rotatable bonds is 13. The molecule has 1 aliphatic rings. The van der Waals surface area contributed by atoms with Crippen LogP contribution in [0.5, 0.6) is 0 Å². The van der Waals surface area contributed by atoms with E-state index in [1.807, 2.05) is 56.3 Å². The van der Waals surface area contributed by atoms with Crippen LogP contribution in [0.3, 0.4) is 0 Å². The number of para-hydroxylation sites is 1. The predicted molar refractivity (Wildman–Crippen MR) is 174 cm³/mol. The molecule has 11 nitrogen and oxygen atoms in total. The Kier molecular flexibility index (Phi) is 10.9. The average Bonchev–Trinajstić information content (AvgIpc) is 3.23. The van der Waals surface area contributed by atoms with Crippen molar-refractivity contribution < 1.29 is 28.7 Å². The molecule has 2 aromatic carbocycles. The van der Waals surface area contributed by atoms with Crippen molar-refractivity contribution in [2.24, 2.45) is 5.92 Å². The number of hydrogen-bond donors (Lipinski definition) is 3. The number of amides is 4. The monoisotopic (exact) mass is 629 g/mol. The Hall–Kier alpha value is -4.64. The summed E-state index contributed by atoms with van der Waals surface area (Å²) in [5, 5.41) is 9.36. The van der Waals surface area contributed by atoms with Gasteiger partial charge >= 0.3 is 5.97 Å². The number of fused-ring (bicyclic) bond motifs is 2. The molecule has 3 atom stereocenters. The zero-order valence-electron chi connectivity index (χ0n) is 27.3. The molecular weight excluding hydrogens is 586 g/mol. The molecule has 244 valence electrons. The van der Waals surface area contributed by atoms with Crippen molar-refractivity contribution >= 4 is 40.5 Å². The highest BCUT2D eigenvalue weighted by atomic mass is 16.6. The first-order valence-electron chi connectivity index (χ1n) is 15.6. The number of carbonyl (C=O) groups excluding carboxylic acids is 5. The van der Waals surface area contributed by atoms with Crippen molar-refractivity contribution in [2.45, 2.75) is 77.6 Å². The van der Waals surface area contributed by atoms with E-state index >= 15 is 0 Å². The maximum atomic E-state index is 13.7. The Morgan fingerprint density at radius 3 is 2.22 bits per heavy atom. The fourth-order valence-electron chi connectivity index (χ4n) is 5.38. The number of aromatic nitrogens is 1. The molecule has 4 rings (SSSR count). The quantitative estimate of drug-likeness (QED) is 0.193. The van der Waals surface area contributed by atoms with Crippen LogP contribution in [0.15, 0.2) is 60.7 Å². The number of pyridine rings is 1. The number of carbonyl (C=O) groups is 5. The predicted octanol–water partition coefficient (Wildman–Crippen LogP) is 3.41. The van der Waals surface area contributed by atoms with Crippen LogP contribution >= 0.6 is 0 Å². The normalized spacial score (nSPS) is 15.0. The largest absolute Gasteiger partial charge is 0.459 e. The van der Waals surface area contributed by atoms with Gasteiger partial charge in [0, 0.05) is 25.4 Å². The number of ether oxygens (including phenoxy) is 1. The van der Waals surface area contributed by atoms with E-state index in [2.05, 4.69) is 20.9 Å². The van der Waals surface area contributed by atoms with Crippen LogP contribution in [0.2, 0.25) is 0 Å². The molecule has 0 bridgehead atoms. The number of imide groups is 1. The third-order valence-corrected chi connectivity index (χ3v) is 7.57. The molecule has 0 saturated carbocycles. The summed E-state index contributed by atoms with van der Waals surface area (Å²) >= 11 is 0. The van der Waals surface area contributed by atoms with Gasteiger partial charge in [-0.15, -0.1) is 0 Å². The summed E-state index contributed by atoms with van der Waals surface area (Å²) in [7, 11) is 1.51. The number of benzene rings is 2. The molecule has 2 heterocycles. The number of likely N-dealkylation sites (N-methyl/N-ethyl adjacent to an activating group) is 1. The molecule has 0 fully saturated rings. The lowest BCUT2D eigenvalue weighted by Crippen LogP contribution is -2.57. The number of esters is 1. The maximum absolute atomic E-state index is 13.7. The Labute approximate surface area is 269 Å². The van der Waals surface area contributed by atoms with Crippen LogP contribution in [0.1, 0.15) is 73.9 Å². The summed E-state index contributed by atoms with van der Waals surface area (Å²) in [6.07, 6.45) is 0.615. The van der Waals surface area contributed by atoms with Crippen LogP contribution in [-0.4, -0.2) is 76.8 Å². The minimum atomic E-state index is -1.04. The Bertz CT molecular complexity index is 1550. The summed E-state index contributed by atoms with van der Waals surface area (Å²) in [5.74, 6) is -2.42. The number of hydrogen-bond acceptors (Lipinski definition) is 8. The van der Waals surface area contributed by atoms with Gasteiger partial charge in [-0.05, 0) is 57.2 Å². The highest BCUT2D eigenvalue weighted by Crippen LogP contribution is 2.26. The summed E-state index contributed by atoms with van der Waals surface area (Å²) in [6, 6.07) is 15.5. The van der Waals surface area contributed by atoms with Crippen LogP contribution in [-0.2, 0) is 25.5 Å². The van der Waals surface area contributed by atoms with Crippen molar-refractivity contribution in [3.63, 3.8) is 0 Å². The molecule has 0 aliphatic carbocycles. The summed E-state index contributed by atoms with van der Waals surface area (Å²) in [6.45, 7) is 8.99. The molecule has 11 heteroatoms. The lowest BCUT2D eigenvalue weighted by atomic mass is 9.99. The van der Waals surface area contributed by atoms with E-state index in [4.69, 9.17) is 4.74 Å². The summed E-state index contributed by atoms with van der Waals surface area (Å²) in [5.41, 5.74) is 0.927. The number of nitrogens with zero attached hydrogens (tertiary/aromatic N) is 2. The van der Waals surface area contributed by atoms with Gasteiger partial charge in [0.15, 0.2) is 0 Å². The van der Waals surface area contributed by atoms with E-state index in [1.54, 1.807) is 39.0 Å². The lowest BCUT2D eigenvalue weighted by molar-refractivity contribution is -0.158. The van der Waals surface area contributed by atoms with Gasteiger partial charge in [0.2, 0.25) is 11.8 Å². The summed E-state index contributed by atoms with van der Waals surface area (Å²) in [4.78, 5) is 72.1. The van der Waals surface area contributed by atoms with E-state index < -0.39 is 47.4 Å². The van der Waals surface area contributed by atoms with Gasteiger partial charge in [0.25, 0.3) is 11.8 Å². The van der Waals surface area contributed by atoms with E-state index in [0.29, 0.717) is 11.9 Å². The average molecular weight is 630 g/mol. The van der Waals surface area contributed by atoms with E-state index in [9.17, 15) is 24.0 Å². The van der Waals surface area contributed by atoms with Gasteiger partial charge in [0.05, 0.1) is 17.1 Å². The first-order valence-corrected chi connectivity index (χ1v) is 15.6. The van der Waals surface area contributed by atoms with Crippen molar-refractivity contribution in [1.82, 2.24) is 25.8 Å². The zero-order chi connectivity index (χ0) is 33.6. The van der Waals surface area contributed by atoms with Gasteiger partial charge < -0.3 is 15.4 Å². The Morgan fingerprint density at radius 1 is 0.891 bits per heavy atom. The molecule has 46 heavy (non-hydrogen) atoms. The van der Waals surface area contributed by atoms with Gasteiger partial charge in [0.1, 0.15) is 23.4 Å². The van der Waals surface area contributed by atoms with Crippen molar-refractivity contribution in [3.8, 4) is 0 Å². The molecule has 0 unspecified atom stereocenters. The maximum Gasteiger partial charge on any atom is 0.323 e. The molecule has 0 spiro atoms. The first kappa shape index (κ1) is 34.2. The molecule has 1 aliphatic heterocycles. The fourth-order valence-corrected chi connectivity index (χ4v) is 5.38. The highest BCUT2D eigenvalue weighted by molar-refractivity contribution is 6.21. The van der Waals surface area contributed by atoms with Gasteiger partial charge in [-0.25, -0.2) is 4.98 Å². The van der Waals surface area contributed by atoms with Gasteiger partial charge in [-0.3, -0.25) is 34.2 Å². The molecule has 3 aromatic rings. The van der Waals surface area contributed by atoms with Crippen LogP contribution < -0.4 is 16.0 Å². The Balaban J connectivity index is 1.55. The van der Waals surface area contributed by atoms with E-state index in [0.717, 1.165) is 15.8 Å². The molecule has 1 aromatic heterocycles.